The van der Waals surface area contributed by atoms with Crippen LogP contribution in [0.25, 0.3) is 17.0 Å². The van der Waals surface area contributed by atoms with E-state index in [1.54, 1.807) is 13.0 Å². The zero-order chi connectivity index (χ0) is 25.6. The molecule has 1 aliphatic heterocycles. The average Bonchev–Trinajstić information content (AvgIpc) is 3.30. The van der Waals surface area contributed by atoms with Gasteiger partial charge in [0.2, 0.25) is 5.82 Å². The van der Waals surface area contributed by atoms with Crippen LogP contribution in [0.1, 0.15) is 35.5 Å². The van der Waals surface area contributed by atoms with Crippen LogP contribution < -0.4 is 10.2 Å². The van der Waals surface area contributed by atoms with Gasteiger partial charge in [-0.05, 0) is 61.7 Å². The summed E-state index contributed by atoms with van der Waals surface area (Å²) in [4.78, 5) is 18.9. The summed E-state index contributed by atoms with van der Waals surface area (Å²) in [7, 11) is 0. The maximum atomic E-state index is 14.0. The number of benzene rings is 3. The highest BCUT2D eigenvalue weighted by atomic mass is 19.1. The third-order valence-corrected chi connectivity index (χ3v) is 6.19. The summed E-state index contributed by atoms with van der Waals surface area (Å²) in [5, 5.41) is 6.90. The Balaban J connectivity index is 1.69. The van der Waals surface area contributed by atoms with E-state index < -0.39 is 29.5 Å². The number of rotatable bonds is 4. The molecule has 5 rings (SSSR count). The minimum Gasteiger partial charge on any atom is -0.334 e. The lowest BCUT2D eigenvalue weighted by Crippen LogP contribution is -2.46. The number of nitrogens with zero attached hydrogens (tertiary/aromatic N) is 3. The molecule has 0 saturated heterocycles. The van der Waals surface area contributed by atoms with Crippen molar-refractivity contribution in [2.45, 2.75) is 26.8 Å². The van der Waals surface area contributed by atoms with E-state index in [1.165, 1.54) is 18.2 Å². The number of nitrogens with one attached hydrogen (secondary N) is 1. The van der Waals surface area contributed by atoms with E-state index in [4.69, 9.17) is 4.52 Å². The molecule has 0 radical (unpaired) electrons. The number of hydrogen-bond donors (Lipinski definition) is 1. The van der Waals surface area contributed by atoms with Crippen LogP contribution in [0.4, 0.5) is 23.7 Å². The lowest BCUT2D eigenvalue weighted by Gasteiger charge is -2.35. The topological polar surface area (TPSA) is 71.3 Å². The number of urea groups is 1. The number of amides is 2. The highest BCUT2D eigenvalue weighted by Gasteiger charge is 2.37. The van der Waals surface area contributed by atoms with E-state index in [1.807, 2.05) is 32.0 Å². The quantitative estimate of drug-likeness (QED) is 0.356. The Labute approximate surface area is 205 Å². The fraction of sp³-hybridized carbons (Fsp3) is 0.148. The van der Waals surface area contributed by atoms with Gasteiger partial charge in [-0.25, -0.2) is 18.0 Å². The van der Waals surface area contributed by atoms with Crippen LogP contribution in [0.3, 0.4) is 0 Å². The van der Waals surface area contributed by atoms with Crippen molar-refractivity contribution in [3.8, 4) is 11.4 Å². The molecular formula is C27H21F3N4O2. The van der Waals surface area contributed by atoms with E-state index in [0.29, 0.717) is 16.8 Å². The molecule has 1 aromatic heterocycles. The molecule has 9 heteroatoms. The molecular weight excluding hydrogens is 469 g/mol. The van der Waals surface area contributed by atoms with Crippen LogP contribution in [0.2, 0.25) is 0 Å². The van der Waals surface area contributed by atoms with Crippen molar-refractivity contribution in [2.24, 2.45) is 0 Å². The Kier molecular flexibility index (Phi) is 5.83. The number of halogens is 3. The maximum Gasteiger partial charge on any atom is 0.327 e. The van der Waals surface area contributed by atoms with Crippen molar-refractivity contribution in [1.29, 1.82) is 0 Å². The monoisotopic (exact) mass is 490 g/mol. The average molecular weight is 490 g/mol. The summed E-state index contributed by atoms with van der Waals surface area (Å²) in [5.74, 6) is -1.86. The van der Waals surface area contributed by atoms with Gasteiger partial charge in [0.25, 0.3) is 5.89 Å². The molecule has 0 fully saturated rings. The zero-order valence-electron chi connectivity index (χ0n) is 19.6. The van der Waals surface area contributed by atoms with Crippen LogP contribution in [-0.2, 0) is 0 Å². The molecule has 0 aliphatic carbocycles. The summed E-state index contributed by atoms with van der Waals surface area (Å²) in [6, 6.07) is 13.1. The summed E-state index contributed by atoms with van der Waals surface area (Å²) in [5.41, 5.74) is 4.05. The smallest absolute Gasteiger partial charge is 0.327 e. The molecule has 1 aliphatic rings. The van der Waals surface area contributed by atoms with Crippen LogP contribution in [0.5, 0.6) is 0 Å². The molecule has 1 N–H and O–H groups in total. The molecule has 0 bridgehead atoms. The molecule has 0 spiro atoms. The second-order valence-corrected chi connectivity index (χ2v) is 8.62. The van der Waals surface area contributed by atoms with Gasteiger partial charge in [0, 0.05) is 17.3 Å². The lowest BCUT2D eigenvalue weighted by atomic mass is 9.92. The van der Waals surface area contributed by atoms with E-state index in [-0.39, 0.29) is 17.4 Å². The first kappa shape index (κ1) is 23.3. The standard InChI is InChI=1S/C27H21F3N4O2/c1-14-7-8-17(9-15(14)2)24-23(26-32-25(33-36-26)18-5-4-6-19(28)10-18)16(3)34(27(35)31-24)22-12-20(29)11-21(30)13-22/h4-13,24H,1-3H3,(H,31,35). The van der Waals surface area contributed by atoms with Crippen molar-refractivity contribution in [2.75, 3.05) is 4.90 Å². The SMILES string of the molecule is CC1=C(c2nc(-c3cccc(F)c3)no2)C(c2ccc(C)c(C)c2)NC(=O)N1c1cc(F)cc(F)c1. The first-order valence-electron chi connectivity index (χ1n) is 11.2. The Morgan fingerprint density at radius 1 is 0.889 bits per heavy atom. The summed E-state index contributed by atoms with van der Waals surface area (Å²) in [6.45, 7) is 5.57. The van der Waals surface area contributed by atoms with E-state index in [0.717, 1.165) is 39.8 Å². The van der Waals surface area contributed by atoms with Crippen LogP contribution in [0, 0.1) is 31.3 Å². The number of aryl methyl sites for hydroxylation is 2. The summed E-state index contributed by atoms with van der Waals surface area (Å²) in [6.07, 6.45) is 0. The molecule has 0 saturated carbocycles. The number of allylic oxidation sites excluding steroid dienone is 1. The van der Waals surface area contributed by atoms with Crippen molar-refractivity contribution < 1.29 is 22.5 Å². The van der Waals surface area contributed by atoms with Crippen molar-refractivity contribution in [1.82, 2.24) is 15.5 Å². The third kappa shape index (κ3) is 4.24. The molecule has 4 aromatic rings. The normalized spacial score (nSPS) is 15.9. The maximum absolute atomic E-state index is 14.0. The number of aromatic nitrogens is 2. The lowest BCUT2D eigenvalue weighted by molar-refractivity contribution is 0.244. The van der Waals surface area contributed by atoms with Gasteiger partial charge < -0.3 is 9.84 Å². The summed E-state index contributed by atoms with van der Waals surface area (Å²) < 4.78 is 47.4. The van der Waals surface area contributed by atoms with Gasteiger partial charge in [-0.1, -0.05) is 35.5 Å². The molecule has 182 valence electrons. The minimum atomic E-state index is -0.824. The number of anilines is 1. The first-order valence-corrected chi connectivity index (χ1v) is 11.2. The van der Waals surface area contributed by atoms with Crippen LogP contribution in [0.15, 0.2) is 70.9 Å². The van der Waals surface area contributed by atoms with Crippen molar-refractivity contribution >= 4 is 17.3 Å². The number of carbonyl (C=O) groups excluding carboxylic acids is 1. The van der Waals surface area contributed by atoms with Gasteiger partial charge >= 0.3 is 6.03 Å². The Morgan fingerprint density at radius 3 is 2.33 bits per heavy atom. The minimum absolute atomic E-state index is 0.00315. The Hall–Kier alpha value is -4.40. The number of carbonyl (C=O) groups is 1. The molecule has 2 amide bonds. The van der Waals surface area contributed by atoms with Gasteiger partial charge in [-0.3, -0.25) is 4.90 Å². The second kappa shape index (κ2) is 8.99. The fourth-order valence-corrected chi connectivity index (χ4v) is 4.27. The third-order valence-electron chi connectivity index (χ3n) is 6.19. The Morgan fingerprint density at radius 2 is 1.64 bits per heavy atom. The first-order chi connectivity index (χ1) is 17.2. The van der Waals surface area contributed by atoms with Gasteiger partial charge in [-0.2, -0.15) is 4.98 Å². The van der Waals surface area contributed by atoms with E-state index >= 15 is 0 Å². The predicted molar refractivity (Wildman–Crippen MR) is 128 cm³/mol. The van der Waals surface area contributed by atoms with Crippen molar-refractivity contribution in [3.05, 3.63) is 106 Å². The number of hydrogen-bond acceptors (Lipinski definition) is 4. The van der Waals surface area contributed by atoms with Gasteiger partial charge in [-0.15, -0.1) is 0 Å². The predicted octanol–water partition coefficient (Wildman–Crippen LogP) is 6.47. The van der Waals surface area contributed by atoms with Crippen LogP contribution in [-0.4, -0.2) is 16.2 Å². The second-order valence-electron chi connectivity index (χ2n) is 8.62. The van der Waals surface area contributed by atoms with Crippen molar-refractivity contribution in [3.63, 3.8) is 0 Å². The van der Waals surface area contributed by atoms with Gasteiger partial charge in [0.1, 0.15) is 17.5 Å². The molecule has 2 heterocycles. The van der Waals surface area contributed by atoms with E-state index in [9.17, 15) is 18.0 Å². The Bertz CT molecular complexity index is 1510. The molecule has 1 atom stereocenters. The van der Waals surface area contributed by atoms with Gasteiger partial charge in [0.05, 0.1) is 17.3 Å². The fourth-order valence-electron chi connectivity index (χ4n) is 4.27. The molecule has 3 aromatic carbocycles. The molecule has 36 heavy (non-hydrogen) atoms. The largest absolute Gasteiger partial charge is 0.334 e. The molecule has 6 nitrogen and oxygen atoms in total. The zero-order valence-corrected chi connectivity index (χ0v) is 19.6. The van der Waals surface area contributed by atoms with E-state index in [2.05, 4.69) is 15.5 Å². The molecule has 1 unspecified atom stereocenters. The highest BCUT2D eigenvalue weighted by Crippen LogP contribution is 2.39. The highest BCUT2D eigenvalue weighted by molar-refractivity contribution is 6.01. The van der Waals surface area contributed by atoms with Crippen LogP contribution >= 0.6 is 0 Å². The van der Waals surface area contributed by atoms with Gasteiger partial charge in [0.15, 0.2) is 0 Å². The summed E-state index contributed by atoms with van der Waals surface area (Å²) >= 11 is 0.